The van der Waals surface area contributed by atoms with E-state index in [2.05, 4.69) is 5.32 Å². The van der Waals surface area contributed by atoms with Crippen LogP contribution >= 0.6 is 0 Å². The van der Waals surface area contributed by atoms with Crippen molar-refractivity contribution in [2.75, 3.05) is 6.61 Å². The molecular weight excluding hydrogens is 274 g/mol. The Morgan fingerprint density at radius 2 is 1.90 bits per heavy atom. The van der Waals surface area contributed by atoms with Crippen LogP contribution in [0.1, 0.15) is 13.8 Å². The molecule has 0 radical (unpaired) electrons. The number of rotatable bonds is 9. The summed E-state index contributed by atoms with van der Waals surface area (Å²) in [7, 11) is 0. The largest absolute Gasteiger partial charge is 0.479 e. The second kappa shape index (κ2) is 8.59. The lowest BCUT2D eigenvalue weighted by Gasteiger charge is -2.31. The summed E-state index contributed by atoms with van der Waals surface area (Å²) in [5.41, 5.74) is 0. The minimum Gasteiger partial charge on any atom is -0.479 e. The molecule has 0 bridgehead atoms. The smallest absolute Gasteiger partial charge is 0.332 e. The van der Waals surface area contributed by atoms with Crippen molar-refractivity contribution in [3.63, 3.8) is 0 Å². The summed E-state index contributed by atoms with van der Waals surface area (Å²) in [5.74, 6) is -1.96. The molecule has 0 saturated heterocycles. The average molecular weight is 293 g/mol. The number of aliphatic carboxylic acids is 1. The van der Waals surface area contributed by atoms with Crippen molar-refractivity contribution in [1.82, 2.24) is 5.32 Å². The lowest BCUT2D eigenvalue weighted by Crippen LogP contribution is -2.55. The highest BCUT2D eigenvalue weighted by Crippen LogP contribution is 2.12. The SMILES string of the molecule is CC(=O)N[C@H](C=O)[C@H](O[C@H](C)C(=O)O)[C@H](O)[C@H](O)CO. The monoisotopic (exact) mass is 293 g/mol. The number of carbonyl (C=O) groups excluding carboxylic acids is 2. The molecule has 1 amide bonds. The molecule has 0 aromatic heterocycles. The first-order valence-corrected chi connectivity index (χ1v) is 5.82. The topological polar surface area (TPSA) is 153 Å². The third-order valence-electron chi connectivity index (χ3n) is 2.50. The fourth-order valence-corrected chi connectivity index (χ4v) is 1.43. The number of nitrogens with one attached hydrogen (secondary N) is 1. The number of carboxylic acid groups (broad SMARTS) is 1. The van der Waals surface area contributed by atoms with E-state index in [0.29, 0.717) is 0 Å². The highest BCUT2D eigenvalue weighted by Gasteiger charge is 2.36. The van der Waals surface area contributed by atoms with E-state index in [1.807, 2.05) is 0 Å². The van der Waals surface area contributed by atoms with Gasteiger partial charge in [-0.3, -0.25) is 4.79 Å². The minimum atomic E-state index is -1.76. The van der Waals surface area contributed by atoms with Crippen LogP contribution in [0.25, 0.3) is 0 Å². The van der Waals surface area contributed by atoms with Gasteiger partial charge in [-0.1, -0.05) is 0 Å². The molecule has 9 nitrogen and oxygen atoms in total. The van der Waals surface area contributed by atoms with Crippen LogP contribution in [0, 0.1) is 0 Å². The molecule has 0 aromatic carbocycles. The number of aliphatic hydroxyl groups is 3. The predicted octanol–water partition coefficient (Wildman–Crippen LogP) is -2.74. The molecule has 0 aliphatic rings. The van der Waals surface area contributed by atoms with Crippen LogP contribution in [0.4, 0.5) is 0 Å². The molecule has 0 rings (SSSR count). The standard InChI is InChI=1S/C11H19NO8/c1-5(11(18)19)20-10(9(17)8(16)4-14)7(3-13)12-6(2)15/h3,5,7-10,14,16-17H,4H2,1-2H3,(H,12,15)(H,18,19)/t5-,7-,8-,9-,10+/m1/s1. The zero-order valence-corrected chi connectivity index (χ0v) is 11.1. The van der Waals surface area contributed by atoms with Crippen LogP contribution in [0.5, 0.6) is 0 Å². The van der Waals surface area contributed by atoms with Crippen LogP contribution in [-0.2, 0) is 19.1 Å². The molecule has 0 unspecified atom stereocenters. The molecule has 9 heteroatoms. The van der Waals surface area contributed by atoms with E-state index in [4.69, 9.17) is 14.9 Å². The van der Waals surface area contributed by atoms with Gasteiger partial charge in [0.05, 0.1) is 6.61 Å². The highest BCUT2D eigenvalue weighted by molar-refractivity contribution is 5.77. The Morgan fingerprint density at radius 1 is 1.35 bits per heavy atom. The normalized spacial score (nSPS) is 18.4. The predicted molar refractivity (Wildman–Crippen MR) is 64.7 cm³/mol. The Kier molecular flexibility index (Phi) is 7.92. The van der Waals surface area contributed by atoms with Gasteiger partial charge in [0.2, 0.25) is 5.91 Å². The summed E-state index contributed by atoms with van der Waals surface area (Å²) in [6, 6.07) is -1.37. The average Bonchev–Trinajstić information content (AvgIpc) is 2.39. The number of hydrogen-bond acceptors (Lipinski definition) is 7. The Bertz CT molecular complexity index is 347. The van der Waals surface area contributed by atoms with Crippen molar-refractivity contribution in [3.8, 4) is 0 Å². The molecule has 0 saturated carbocycles. The molecule has 0 heterocycles. The molecule has 20 heavy (non-hydrogen) atoms. The minimum absolute atomic E-state index is 0.244. The lowest BCUT2D eigenvalue weighted by atomic mass is 10.0. The summed E-state index contributed by atoms with van der Waals surface area (Å²) in [5, 5.41) is 38.8. The van der Waals surface area contributed by atoms with Crippen LogP contribution in [0.3, 0.4) is 0 Å². The third kappa shape index (κ3) is 5.61. The number of carboxylic acids is 1. The van der Waals surface area contributed by atoms with Crippen molar-refractivity contribution < 1.29 is 39.5 Å². The van der Waals surface area contributed by atoms with Crippen molar-refractivity contribution in [2.24, 2.45) is 0 Å². The summed E-state index contributed by atoms with van der Waals surface area (Å²) in [6.45, 7) is 1.44. The van der Waals surface area contributed by atoms with Gasteiger partial charge in [-0.2, -0.15) is 0 Å². The molecule has 5 N–H and O–H groups in total. The molecule has 0 fully saturated rings. The van der Waals surface area contributed by atoms with Gasteiger partial charge in [0.15, 0.2) is 6.10 Å². The summed E-state index contributed by atoms with van der Waals surface area (Å²) >= 11 is 0. The first-order valence-electron chi connectivity index (χ1n) is 5.82. The zero-order valence-electron chi connectivity index (χ0n) is 11.1. The quantitative estimate of drug-likeness (QED) is 0.287. The lowest BCUT2D eigenvalue weighted by molar-refractivity contribution is -0.168. The maximum Gasteiger partial charge on any atom is 0.332 e. The molecule has 0 spiro atoms. The maximum atomic E-state index is 11.0. The number of carbonyl (C=O) groups is 3. The Hall–Kier alpha value is -1.55. The fourth-order valence-electron chi connectivity index (χ4n) is 1.43. The van der Waals surface area contributed by atoms with Gasteiger partial charge in [-0.05, 0) is 6.92 Å². The van der Waals surface area contributed by atoms with Crippen LogP contribution < -0.4 is 5.32 Å². The molecule has 0 aromatic rings. The summed E-state index contributed by atoms with van der Waals surface area (Å²) < 4.78 is 4.98. The first-order chi connectivity index (χ1) is 9.24. The molecular formula is C11H19NO8. The summed E-state index contributed by atoms with van der Waals surface area (Å²) in [4.78, 5) is 32.7. The van der Waals surface area contributed by atoms with Gasteiger partial charge in [0.1, 0.15) is 30.6 Å². The van der Waals surface area contributed by atoms with Gasteiger partial charge in [0.25, 0.3) is 0 Å². The molecule has 0 aliphatic heterocycles. The first kappa shape index (κ1) is 18.4. The van der Waals surface area contributed by atoms with Crippen LogP contribution in [-0.4, -0.2) is 75.7 Å². The second-order valence-electron chi connectivity index (χ2n) is 4.18. The fraction of sp³-hybridized carbons (Fsp3) is 0.727. The van der Waals surface area contributed by atoms with E-state index >= 15 is 0 Å². The van der Waals surface area contributed by atoms with E-state index in [1.54, 1.807) is 0 Å². The van der Waals surface area contributed by atoms with E-state index in [9.17, 15) is 24.6 Å². The van der Waals surface area contributed by atoms with Crippen molar-refractivity contribution in [3.05, 3.63) is 0 Å². The Morgan fingerprint density at radius 3 is 2.25 bits per heavy atom. The van der Waals surface area contributed by atoms with Crippen molar-refractivity contribution >= 4 is 18.2 Å². The number of amides is 1. The number of ether oxygens (including phenoxy) is 1. The molecule has 116 valence electrons. The maximum absolute atomic E-state index is 11.0. The molecule has 0 aliphatic carbocycles. The molecule has 5 atom stereocenters. The van der Waals surface area contributed by atoms with Crippen molar-refractivity contribution in [2.45, 2.75) is 44.3 Å². The third-order valence-corrected chi connectivity index (χ3v) is 2.50. The van der Waals surface area contributed by atoms with Gasteiger partial charge in [-0.25, -0.2) is 4.79 Å². The second-order valence-corrected chi connectivity index (χ2v) is 4.18. The van der Waals surface area contributed by atoms with E-state index in [1.165, 1.54) is 0 Å². The number of aliphatic hydroxyl groups excluding tert-OH is 3. The Balaban J connectivity index is 5.15. The van der Waals surface area contributed by atoms with Gasteiger partial charge in [0, 0.05) is 6.92 Å². The van der Waals surface area contributed by atoms with E-state index in [0.717, 1.165) is 13.8 Å². The van der Waals surface area contributed by atoms with Gasteiger partial charge >= 0.3 is 5.97 Å². The zero-order chi connectivity index (χ0) is 15.9. The van der Waals surface area contributed by atoms with Crippen molar-refractivity contribution in [1.29, 1.82) is 0 Å². The van der Waals surface area contributed by atoms with Gasteiger partial charge in [-0.15, -0.1) is 0 Å². The van der Waals surface area contributed by atoms with Crippen LogP contribution in [0.15, 0.2) is 0 Å². The van der Waals surface area contributed by atoms with E-state index < -0.39 is 48.9 Å². The highest BCUT2D eigenvalue weighted by atomic mass is 16.5. The Labute approximate surface area is 115 Å². The van der Waals surface area contributed by atoms with E-state index in [-0.39, 0.29) is 6.29 Å². The van der Waals surface area contributed by atoms with Crippen LogP contribution in [0.2, 0.25) is 0 Å². The number of aldehydes is 1. The summed E-state index contributed by atoms with van der Waals surface area (Å²) in [6.07, 6.45) is -6.09. The number of hydrogen-bond donors (Lipinski definition) is 5. The van der Waals surface area contributed by atoms with Gasteiger partial charge < -0.3 is 35.3 Å².